The smallest absolute Gasteiger partial charge is 0.262 e. The second-order valence-corrected chi connectivity index (χ2v) is 5.01. The third-order valence-corrected chi connectivity index (χ3v) is 3.25. The van der Waals surface area contributed by atoms with E-state index in [0.29, 0.717) is 18.0 Å². The molecule has 21 heavy (non-hydrogen) atoms. The summed E-state index contributed by atoms with van der Waals surface area (Å²) in [5.41, 5.74) is 2.77. The van der Waals surface area contributed by atoms with Crippen molar-refractivity contribution in [1.82, 2.24) is 9.78 Å². The first-order valence-electron chi connectivity index (χ1n) is 7.06. The molecule has 0 bridgehead atoms. The van der Waals surface area contributed by atoms with E-state index in [4.69, 9.17) is 4.74 Å². The van der Waals surface area contributed by atoms with E-state index < -0.39 is 0 Å². The molecule has 1 aliphatic rings. The standard InChI is InChI=1S/C15H18N4O2/c1-2-5-19-9-11(8-17-19)7-16-12-3-4-14-13(6-12)18-15(20)10-21-14/h3-4,6,8-9,16H,2,5,7,10H2,1H3,(H,18,20). The maximum atomic E-state index is 11.3. The van der Waals surface area contributed by atoms with Gasteiger partial charge < -0.3 is 15.4 Å². The molecule has 0 aliphatic carbocycles. The first kappa shape index (κ1) is 13.5. The fourth-order valence-corrected chi connectivity index (χ4v) is 2.25. The minimum absolute atomic E-state index is 0.0798. The lowest BCUT2D eigenvalue weighted by Gasteiger charge is -2.18. The van der Waals surface area contributed by atoms with Gasteiger partial charge in [0, 0.05) is 30.5 Å². The maximum Gasteiger partial charge on any atom is 0.262 e. The van der Waals surface area contributed by atoms with Crippen molar-refractivity contribution in [1.29, 1.82) is 0 Å². The third-order valence-electron chi connectivity index (χ3n) is 3.25. The van der Waals surface area contributed by atoms with Gasteiger partial charge in [-0.3, -0.25) is 9.48 Å². The number of aryl methyl sites for hydroxylation is 1. The monoisotopic (exact) mass is 286 g/mol. The summed E-state index contributed by atoms with van der Waals surface area (Å²) in [4.78, 5) is 11.3. The molecule has 0 saturated carbocycles. The zero-order valence-electron chi connectivity index (χ0n) is 11.9. The largest absolute Gasteiger partial charge is 0.482 e. The van der Waals surface area contributed by atoms with Gasteiger partial charge in [-0.15, -0.1) is 0 Å². The fraction of sp³-hybridized carbons (Fsp3) is 0.333. The number of rotatable bonds is 5. The number of anilines is 2. The van der Waals surface area contributed by atoms with Crippen molar-refractivity contribution in [3.05, 3.63) is 36.2 Å². The molecule has 0 atom stereocenters. The Hall–Kier alpha value is -2.50. The number of carbonyl (C=O) groups is 1. The highest BCUT2D eigenvalue weighted by molar-refractivity contribution is 5.96. The number of hydrogen-bond acceptors (Lipinski definition) is 4. The molecule has 1 aromatic heterocycles. The van der Waals surface area contributed by atoms with Crippen LogP contribution in [0.2, 0.25) is 0 Å². The van der Waals surface area contributed by atoms with Crippen molar-refractivity contribution in [3.63, 3.8) is 0 Å². The van der Waals surface area contributed by atoms with Gasteiger partial charge in [0.05, 0.1) is 11.9 Å². The number of benzene rings is 1. The first-order chi connectivity index (χ1) is 10.2. The minimum atomic E-state index is -0.125. The molecule has 0 radical (unpaired) electrons. The number of ether oxygens (including phenoxy) is 1. The third kappa shape index (κ3) is 3.16. The number of nitrogens with zero attached hydrogens (tertiary/aromatic N) is 2. The van der Waals surface area contributed by atoms with Crippen LogP contribution in [0.5, 0.6) is 5.75 Å². The molecular formula is C15H18N4O2. The molecule has 1 aliphatic heterocycles. The van der Waals surface area contributed by atoms with Gasteiger partial charge >= 0.3 is 0 Å². The van der Waals surface area contributed by atoms with Crippen LogP contribution in [0.25, 0.3) is 0 Å². The van der Waals surface area contributed by atoms with E-state index in [1.807, 2.05) is 35.3 Å². The molecule has 6 heteroatoms. The number of carbonyl (C=O) groups excluding carboxylic acids is 1. The molecule has 6 nitrogen and oxygen atoms in total. The Morgan fingerprint density at radius 1 is 1.48 bits per heavy atom. The predicted molar refractivity (Wildman–Crippen MR) is 80.4 cm³/mol. The highest BCUT2D eigenvalue weighted by atomic mass is 16.5. The molecule has 0 saturated heterocycles. The normalized spacial score (nSPS) is 13.3. The lowest BCUT2D eigenvalue weighted by atomic mass is 10.2. The van der Waals surface area contributed by atoms with Crippen LogP contribution in [0.1, 0.15) is 18.9 Å². The molecular weight excluding hydrogens is 268 g/mol. The molecule has 0 unspecified atom stereocenters. The molecule has 2 aromatic rings. The predicted octanol–water partition coefficient (Wildman–Crippen LogP) is 2.24. The van der Waals surface area contributed by atoms with Crippen LogP contribution in [0.3, 0.4) is 0 Å². The Balaban J connectivity index is 1.65. The highest BCUT2D eigenvalue weighted by Crippen LogP contribution is 2.30. The summed E-state index contributed by atoms with van der Waals surface area (Å²) in [6.07, 6.45) is 4.98. The molecule has 0 spiro atoms. The summed E-state index contributed by atoms with van der Waals surface area (Å²) in [7, 11) is 0. The fourth-order valence-electron chi connectivity index (χ4n) is 2.25. The average Bonchev–Trinajstić information content (AvgIpc) is 2.93. The van der Waals surface area contributed by atoms with Gasteiger partial charge in [-0.25, -0.2) is 0 Å². The minimum Gasteiger partial charge on any atom is -0.482 e. The van der Waals surface area contributed by atoms with Crippen molar-refractivity contribution >= 4 is 17.3 Å². The molecule has 1 aromatic carbocycles. The van der Waals surface area contributed by atoms with Gasteiger partial charge in [-0.1, -0.05) is 6.92 Å². The molecule has 0 fully saturated rings. The van der Waals surface area contributed by atoms with Crippen LogP contribution < -0.4 is 15.4 Å². The Labute approximate surface area is 123 Å². The van der Waals surface area contributed by atoms with Crippen molar-refractivity contribution in [2.75, 3.05) is 17.2 Å². The van der Waals surface area contributed by atoms with Crippen LogP contribution in [-0.4, -0.2) is 22.3 Å². The van der Waals surface area contributed by atoms with Crippen LogP contribution >= 0.6 is 0 Å². The van der Waals surface area contributed by atoms with E-state index in [1.54, 1.807) is 0 Å². The van der Waals surface area contributed by atoms with Gasteiger partial charge in [0.15, 0.2) is 6.61 Å². The Bertz CT molecular complexity index is 651. The van der Waals surface area contributed by atoms with Gasteiger partial charge in [-0.2, -0.15) is 5.10 Å². The summed E-state index contributed by atoms with van der Waals surface area (Å²) in [5.74, 6) is 0.580. The number of nitrogens with one attached hydrogen (secondary N) is 2. The molecule has 2 N–H and O–H groups in total. The zero-order valence-corrected chi connectivity index (χ0v) is 11.9. The highest BCUT2D eigenvalue weighted by Gasteiger charge is 2.15. The van der Waals surface area contributed by atoms with Crippen molar-refractivity contribution in [2.45, 2.75) is 26.4 Å². The Morgan fingerprint density at radius 3 is 3.24 bits per heavy atom. The molecule has 2 heterocycles. The first-order valence-corrected chi connectivity index (χ1v) is 7.06. The van der Waals surface area contributed by atoms with Gasteiger partial charge in [0.25, 0.3) is 5.91 Å². The maximum absolute atomic E-state index is 11.3. The van der Waals surface area contributed by atoms with E-state index in [1.165, 1.54) is 0 Å². The number of hydrogen-bond donors (Lipinski definition) is 2. The van der Waals surface area contributed by atoms with Gasteiger partial charge in [0.1, 0.15) is 5.75 Å². The summed E-state index contributed by atoms with van der Waals surface area (Å²) in [6.45, 7) is 3.83. The van der Waals surface area contributed by atoms with Crippen LogP contribution in [0, 0.1) is 0 Å². The lowest BCUT2D eigenvalue weighted by Crippen LogP contribution is -2.25. The molecule has 110 valence electrons. The van der Waals surface area contributed by atoms with E-state index in [9.17, 15) is 4.79 Å². The van der Waals surface area contributed by atoms with Crippen molar-refractivity contribution in [3.8, 4) is 5.75 Å². The lowest BCUT2D eigenvalue weighted by molar-refractivity contribution is -0.118. The van der Waals surface area contributed by atoms with E-state index in [0.717, 1.165) is 24.2 Å². The van der Waals surface area contributed by atoms with E-state index >= 15 is 0 Å². The molecule has 3 rings (SSSR count). The summed E-state index contributed by atoms with van der Waals surface area (Å²) in [6, 6.07) is 5.67. The number of amides is 1. The summed E-state index contributed by atoms with van der Waals surface area (Å²) >= 11 is 0. The van der Waals surface area contributed by atoms with Crippen LogP contribution in [0.4, 0.5) is 11.4 Å². The van der Waals surface area contributed by atoms with Crippen molar-refractivity contribution in [2.24, 2.45) is 0 Å². The molecule has 1 amide bonds. The number of fused-ring (bicyclic) bond motifs is 1. The zero-order chi connectivity index (χ0) is 14.7. The van der Waals surface area contributed by atoms with Crippen molar-refractivity contribution < 1.29 is 9.53 Å². The van der Waals surface area contributed by atoms with Crippen LogP contribution in [0.15, 0.2) is 30.6 Å². The summed E-state index contributed by atoms with van der Waals surface area (Å²) < 4.78 is 7.27. The second kappa shape index (κ2) is 5.87. The van der Waals surface area contributed by atoms with Gasteiger partial charge in [0.2, 0.25) is 0 Å². The van der Waals surface area contributed by atoms with Gasteiger partial charge in [-0.05, 0) is 24.6 Å². The Kier molecular flexibility index (Phi) is 3.77. The van der Waals surface area contributed by atoms with E-state index in [-0.39, 0.29) is 12.5 Å². The second-order valence-electron chi connectivity index (χ2n) is 5.01. The number of aromatic nitrogens is 2. The Morgan fingerprint density at radius 2 is 2.38 bits per heavy atom. The summed E-state index contributed by atoms with van der Waals surface area (Å²) in [5, 5.41) is 10.4. The van der Waals surface area contributed by atoms with Crippen LogP contribution in [-0.2, 0) is 17.9 Å². The SMILES string of the molecule is CCCn1cc(CNc2ccc3c(c2)NC(=O)CO3)cn1. The average molecular weight is 286 g/mol. The topological polar surface area (TPSA) is 68.2 Å². The van der Waals surface area contributed by atoms with E-state index in [2.05, 4.69) is 22.7 Å². The quantitative estimate of drug-likeness (QED) is 0.884.